The van der Waals surface area contributed by atoms with Crippen LogP contribution in [0.2, 0.25) is 0 Å². The van der Waals surface area contributed by atoms with Crippen LogP contribution >= 0.6 is 15.9 Å². The Bertz CT molecular complexity index is 103. The molecule has 0 aromatic carbocycles. The fourth-order valence-electron chi connectivity index (χ4n) is 0.473. The molecule has 1 heteroatoms. The second-order valence-electron chi connectivity index (χ2n) is 1.51. The number of alkyl halides is 1. The maximum atomic E-state index is 3.66. The zero-order chi connectivity index (χ0) is 8.41. The van der Waals surface area contributed by atoms with E-state index < -0.39 is 0 Å². The summed E-state index contributed by atoms with van der Waals surface area (Å²) in [7, 11) is 0. The minimum atomic E-state index is 1.03. The fraction of sp³-hybridized carbons (Fsp3) is 0.333. The van der Waals surface area contributed by atoms with E-state index in [9.17, 15) is 0 Å². The maximum absolute atomic E-state index is 3.66. The minimum absolute atomic E-state index is 1.03. The average molecular weight is 203 g/mol. The number of hydrogen-bond donors (Lipinski definition) is 0. The first-order valence-electron chi connectivity index (χ1n) is 3.18. The lowest BCUT2D eigenvalue weighted by Gasteiger charge is -1.92. The van der Waals surface area contributed by atoms with Crippen molar-refractivity contribution in [2.75, 3.05) is 5.33 Å². The summed E-state index contributed by atoms with van der Waals surface area (Å²) in [6.07, 6.45) is 5.05. The summed E-state index contributed by atoms with van der Waals surface area (Å²) < 4.78 is 0. The van der Waals surface area contributed by atoms with E-state index in [0.29, 0.717) is 0 Å². The zero-order valence-electron chi connectivity index (χ0n) is 6.57. The van der Waals surface area contributed by atoms with Gasteiger partial charge >= 0.3 is 0 Å². The summed E-state index contributed by atoms with van der Waals surface area (Å²) in [5, 5.41) is 1.03. The number of halogens is 1. The molecule has 0 aliphatic carbocycles. The Hall–Kier alpha value is -0.300. The van der Waals surface area contributed by atoms with Gasteiger partial charge in [-0.1, -0.05) is 40.2 Å². The van der Waals surface area contributed by atoms with Gasteiger partial charge in [0.05, 0.1) is 0 Å². The van der Waals surface area contributed by atoms with Crippen LogP contribution in [0.1, 0.15) is 13.3 Å². The van der Waals surface area contributed by atoms with Gasteiger partial charge in [-0.2, -0.15) is 0 Å². The van der Waals surface area contributed by atoms with Crippen molar-refractivity contribution in [1.82, 2.24) is 0 Å². The van der Waals surface area contributed by atoms with Crippen LogP contribution < -0.4 is 0 Å². The van der Waals surface area contributed by atoms with Crippen LogP contribution in [0.3, 0.4) is 0 Å². The highest BCUT2D eigenvalue weighted by molar-refractivity contribution is 9.09. The van der Waals surface area contributed by atoms with Gasteiger partial charge in [0.2, 0.25) is 0 Å². The SMILES string of the molecule is C=C.C=C/C(=C\C)CCBr. The Morgan fingerprint density at radius 3 is 2.10 bits per heavy atom. The lowest BCUT2D eigenvalue weighted by Crippen LogP contribution is -1.76. The molecule has 0 aliphatic rings. The molecule has 0 N–H and O–H groups in total. The second-order valence-corrected chi connectivity index (χ2v) is 2.30. The van der Waals surface area contributed by atoms with Gasteiger partial charge in [0, 0.05) is 5.33 Å². The maximum Gasteiger partial charge on any atom is 0.00716 e. The molecular weight excluding hydrogens is 188 g/mol. The standard InChI is InChI=1S/C7H11Br.C2H4/c1-3-7(4-2)5-6-8;1-2/h3-4H,1,5-6H2,2H3;1-2H2/b7-4+;. The molecule has 0 fully saturated rings. The van der Waals surface area contributed by atoms with Crippen molar-refractivity contribution in [1.29, 1.82) is 0 Å². The van der Waals surface area contributed by atoms with E-state index >= 15 is 0 Å². The van der Waals surface area contributed by atoms with E-state index in [2.05, 4.69) is 41.7 Å². The summed E-state index contributed by atoms with van der Waals surface area (Å²) in [4.78, 5) is 0. The molecule has 58 valence electrons. The zero-order valence-corrected chi connectivity index (χ0v) is 8.15. The molecule has 10 heavy (non-hydrogen) atoms. The molecule has 0 bridgehead atoms. The quantitative estimate of drug-likeness (QED) is 0.372. The third-order valence-electron chi connectivity index (χ3n) is 1.02. The van der Waals surface area contributed by atoms with E-state index in [-0.39, 0.29) is 0 Å². The van der Waals surface area contributed by atoms with Crippen LogP contribution in [0.5, 0.6) is 0 Å². The molecule has 0 radical (unpaired) electrons. The van der Waals surface area contributed by atoms with Gasteiger partial charge in [0.15, 0.2) is 0 Å². The Balaban J connectivity index is 0. The minimum Gasteiger partial charge on any atom is -0.106 e. The van der Waals surface area contributed by atoms with Crippen LogP contribution in [0.4, 0.5) is 0 Å². The van der Waals surface area contributed by atoms with Crippen LogP contribution in [-0.4, -0.2) is 5.33 Å². The third-order valence-corrected chi connectivity index (χ3v) is 1.41. The van der Waals surface area contributed by atoms with Gasteiger partial charge in [-0.15, -0.1) is 13.2 Å². The summed E-state index contributed by atoms with van der Waals surface area (Å²) in [5.74, 6) is 0. The summed E-state index contributed by atoms with van der Waals surface area (Å²) in [6.45, 7) is 11.7. The van der Waals surface area contributed by atoms with Crippen LogP contribution in [0.15, 0.2) is 37.5 Å². The van der Waals surface area contributed by atoms with Crippen molar-refractivity contribution in [3.05, 3.63) is 37.5 Å². The highest BCUT2D eigenvalue weighted by atomic mass is 79.9. The molecule has 0 aliphatic heterocycles. The van der Waals surface area contributed by atoms with Crippen LogP contribution in [0.25, 0.3) is 0 Å². The second kappa shape index (κ2) is 11.5. The predicted octanol–water partition coefficient (Wildman–Crippen LogP) is 3.71. The van der Waals surface area contributed by atoms with Gasteiger partial charge in [-0.25, -0.2) is 0 Å². The van der Waals surface area contributed by atoms with Gasteiger partial charge in [0.25, 0.3) is 0 Å². The lowest BCUT2D eigenvalue weighted by molar-refractivity contribution is 1.17. The molecule has 0 saturated heterocycles. The molecule has 0 atom stereocenters. The Labute approximate surface area is 72.5 Å². The van der Waals surface area contributed by atoms with Crippen LogP contribution in [-0.2, 0) is 0 Å². The number of allylic oxidation sites excluding steroid dienone is 3. The highest BCUT2D eigenvalue weighted by Crippen LogP contribution is 2.03. The monoisotopic (exact) mass is 202 g/mol. The van der Waals surface area contributed by atoms with E-state index in [1.807, 2.05) is 13.0 Å². The van der Waals surface area contributed by atoms with E-state index in [1.165, 1.54) is 5.57 Å². The Morgan fingerprint density at radius 1 is 1.50 bits per heavy atom. The number of hydrogen-bond acceptors (Lipinski definition) is 0. The van der Waals surface area contributed by atoms with Crippen molar-refractivity contribution in [2.45, 2.75) is 13.3 Å². The van der Waals surface area contributed by atoms with Crippen molar-refractivity contribution >= 4 is 15.9 Å². The molecule has 0 nitrogen and oxygen atoms in total. The van der Waals surface area contributed by atoms with Crippen molar-refractivity contribution in [3.63, 3.8) is 0 Å². The van der Waals surface area contributed by atoms with Crippen molar-refractivity contribution in [3.8, 4) is 0 Å². The molecule has 0 spiro atoms. The summed E-state index contributed by atoms with van der Waals surface area (Å²) >= 11 is 3.34. The first-order valence-corrected chi connectivity index (χ1v) is 4.31. The van der Waals surface area contributed by atoms with Crippen molar-refractivity contribution < 1.29 is 0 Å². The smallest absolute Gasteiger partial charge is 0.00716 e. The van der Waals surface area contributed by atoms with Crippen molar-refractivity contribution in [2.24, 2.45) is 0 Å². The molecule has 0 aromatic heterocycles. The van der Waals surface area contributed by atoms with Gasteiger partial charge < -0.3 is 0 Å². The average Bonchev–Trinajstić information content (AvgIpc) is 2.04. The normalized spacial score (nSPS) is 9.60. The largest absolute Gasteiger partial charge is 0.106 e. The Morgan fingerprint density at radius 2 is 2.00 bits per heavy atom. The lowest BCUT2D eigenvalue weighted by atomic mass is 10.2. The van der Waals surface area contributed by atoms with Gasteiger partial charge in [-0.3, -0.25) is 0 Å². The predicted molar refractivity (Wildman–Crippen MR) is 53.6 cm³/mol. The molecule has 0 saturated carbocycles. The summed E-state index contributed by atoms with van der Waals surface area (Å²) in [6, 6.07) is 0. The fourth-order valence-corrected chi connectivity index (χ4v) is 0.931. The van der Waals surface area contributed by atoms with E-state index in [4.69, 9.17) is 0 Å². The molecule has 0 heterocycles. The van der Waals surface area contributed by atoms with Crippen LogP contribution in [0, 0.1) is 0 Å². The Kier molecular flexibility index (Phi) is 14.2. The molecular formula is C9H15Br. The van der Waals surface area contributed by atoms with E-state index in [0.717, 1.165) is 11.8 Å². The molecule has 0 unspecified atom stereocenters. The molecule has 0 amide bonds. The first kappa shape index (κ1) is 12.4. The molecule has 0 rings (SSSR count). The van der Waals surface area contributed by atoms with Gasteiger partial charge in [0.1, 0.15) is 0 Å². The van der Waals surface area contributed by atoms with E-state index in [1.54, 1.807) is 0 Å². The third kappa shape index (κ3) is 7.70. The summed E-state index contributed by atoms with van der Waals surface area (Å²) in [5.41, 5.74) is 1.31. The highest BCUT2D eigenvalue weighted by Gasteiger charge is 1.84. The van der Waals surface area contributed by atoms with Gasteiger partial charge in [-0.05, 0) is 13.3 Å². The topological polar surface area (TPSA) is 0 Å². The number of rotatable bonds is 3. The first-order chi connectivity index (χ1) is 4.85. The molecule has 0 aromatic rings.